The molecule has 1 fully saturated rings. The van der Waals surface area contributed by atoms with Gasteiger partial charge in [-0.05, 0) is 42.7 Å². The Kier molecular flexibility index (Phi) is 8.01. The van der Waals surface area contributed by atoms with Crippen molar-refractivity contribution in [2.75, 3.05) is 18.0 Å². The number of hydrogen-bond acceptors (Lipinski definition) is 6. The van der Waals surface area contributed by atoms with Crippen molar-refractivity contribution < 1.29 is 9.90 Å². The first kappa shape index (κ1) is 24.5. The van der Waals surface area contributed by atoms with Crippen LogP contribution >= 0.6 is 0 Å². The summed E-state index contributed by atoms with van der Waals surface area (Å²) in [5.74, 6) is -0.291. The van der Waals surface area contributed by atoms with Crippen molar-refractivity contribution in [1.82, 2.24) is 9.13 Å². The molecule has 0 radical (unpaired) electrons. The summed E-state index contributed by atoms with van der Waals surface area (Å²) < 4.78 is 2.68. The fourth-order valence-corrected chi connectivity index (χ4v) is 3.79. The molecule has 1 aliphatic rings. The molecule has 1 saturated heterocycles. The van der Waals surface area contributed by atoms with Crippen molar-refractivity contribution in [3.05, 3.63) is 98.2 Å². The summed E-state index contributed by atoms with van der Waals surface area (Å²) in [5, 5.41) is 17.4. The van der Waals surface area contributed by atoms with Crippen molar-refractivity contribution in [1.29, 1.82) is 5.26 Å². The maximum atomic E-state index is 12.7. The summed E-state index contributed by atoms with van der Waals surface area (Å²) in [7, 11) is 1.47. The molecule has 34 heavy (non-hydrogen) atoms. The molecule has 0 bridgehead atoms. The second-order valence-electron chi connectivity index (χ2n) is 8.10. The smallest absolute Gasteiger partial charge is 0.335 e. The highest BCUT2D eigenvalue weighted by atomic mass is 16.4. The Hall–Kier alpha value is -4.16. The summed E-state index contributed by atoms with van der Waals surface area (Å²) in [6.07, 6.45) is 1.87. The van der Waals surface area contributed by atoms with E-state index in [1.54, 1.807) is 53.1 Å². The van der Waals surface area contributed by atoms with Crippen LogP contribution in [0.1, 0.15) is 34.3 Å². The molecule has 0 amide bonds. The molecule has 3 aromatic rings. The van der Waals surface area contributed by atoms with E-state index >= 15 is 0 Å². The average Bonchev–Trinajstić information content (AvgIpc) is 2.85. The predicted octanol–water partition coefficient (Wildman–Crippen LogP) is 1.78. The Balaban J connectivity index is 0.000000302. The van der Waals surface area contributed by atoms with E-state index in [0.717, 1.165) is 29.5 Å². The fraction of sp³-hybridized carbons (Fsp3) is 0.280. The van der Waals surface area contributed by atoms with Crippen LogP contribution in [0.5, 0.6) is 0 Å². The predicted molar refractivity (Wildman–Crippen MR) is 129 cm³/mol. The second-order valence-corrected chi connectivity index (χ2v) is 8.10. The van der Waals surface area contributed by atoms with Crippen LogP contribution in [0.2, 0.25) is 0 Å². The van der Waals surface area contributed by atoms with Crippen molar-refractivity contribution >= 4 is 11.8 Å². The van der Waals surface area contributed by atoms with E-state index in [9.17, 15) is 14.4 Å². The van der Waals surface area contributed by atoms with Gasteiger partial charge in [0.2, 0.25) is 0 Å². The Morgan fingerprint density at radius 3 is 2.50 bits per heavy atom. The van der Waals surface area contributed by atoms with Crippen LogP contribution in [0.3, 0.4) is 0 Å². The monoisotopic (exact) mass is 461 g/mol. The van der Waals surface area contributed by atoms with Crippen molar-refractivity contribution in [2.24, 2.45) is 12.8 Å². The van der Waals surface area contributed by atoms with Crippen molar-refractivity contribution in [3.63, 3.8) is 0 Å². The summed E-state index contributed by atoms with van der Waals surface area (Å²) in [5.41, 5.74) is 7.06. The molecule has 0 unspecified atom stereocenters. The van der Waals surface area contributed by atoms with Gasteiger partial charge in [-0.3, -0.25) is 13.9 Å². The van der Waals surface area contributed by atoms with Gasteiger partial charge in [-0.1, -0.05) is 30.3 Å². The number of carboxylic acid groups (broad SMARTS) is 1. The normalized spacial score (nSPS) is 15.1. The van der Waals surface area contributed by atoms with Crippen LogP contribution in [0.4, 0.5) is 5.82 Å². The van der Waals surface area contributed by atoms with E-state index in [1.165, 1.54) is 13.1 Å². The molecule has 0 spiro atoms. The molecule has 3 N–H and O–H groups in total. The van der Waals surface area contributed by atoms with Gasteiger partial charge < -0.3 is 15.7 Å². The molecular formula is C25H27N5O4. The fourth-order valence-electron chi connectivity index (χ4n) is 3.79. The number of aromatic nitrogens is 2. The molecular weight excluding hydrogens is 434 g/mol. The number of nitrogens with zero attached hydrogens (tertiary/aromatic N) is 4. The van der Waals surface area contributed by atoms with Gasteiger partial charge in [0.25, 0.3) is 5.56 Å². The number of carbonyl (C=O) groups is 1. The number of anilines is 1. The summed E-state index contributed by atoms with van der Waals surface area (Å²) >= 11 is 0. The topological polar surface area (TPSA) is 134 Å². The standard InChI is InChI=1S/C18H21N5O2.C7H6O2/c1-21-17(24)9-16(22-7-3-6-15(20)12-22)23(18(21)25)11-14-5-2-4-13(8-14)10-19;8-7(9)6-4-2-1-3-5-6/h2,4-5,8-9,15H,3,6-7,11-12,20H2,1H3;1-5H,(H,8,9)/t15-;/m1./s1. The third kappa shape index (κ3) is 5.99. The minimum Gasteiger partial charge on any atom is -0.478 e. The number of carboxylic acids is 1. The molecule has 2 heterocycles. The van der Waals surface area contributed by atoms with Gasteiger partial charge in [-0.15, -0.1) is 0 Å². The zero-order valence-corrected chi connectivity index (χ0v) is 18.9. The summed E-state index contributed by atoms with van der Waals surface area (Å²) in [4.78, 5) is 37.0. The van der Waals surface area contributed by atoms with Gasteiger partial charge in [0, 0.05) is 32.2 Å². The average molecular weight is 462 g/mol. The Bertz CT molecular complexity index is 1310. The Morgan fingerprint density at radius 1 is 1.15 bits per heavy atom. The van der Waals surface area contributed by atoms with Gasteiger partial charge in [-0.2, -0.15) is 5.26 Å². The van der Waals surface area contributed by atoms with E-state index < -0.39 is 5.97 Å². The minimum atomic E-state index is -0.879. The summed E-state index contributed by atoms with van der Waals surface area (Å²) in [6.45, 7) is 1.67. The summed E-state index contributed by atoms with van der Waals surface area (Å²) in [6, 6.07) is 19.0. The number of benzene rings is 2. The van der Waals surface area contributed by atoms with Crippen molar-refractivity contribution in [3.8, 4) is 6.07 Å². The number of nitrogens with two attached hydrogens (primary N) is 1. The van der Waals surface area contributed by atoms with Crippen LogP contribution in [0.15, 0.2) is 70.3 Å². The first-order valence-electron chi connectivity index (χ1n) is 10.9. The van der Waals surface area contributed by atoms with Crippen molar-refractivity contribution in [2.45, 2.75) is 25.4 Å². The molecule has 0 aliphatic carbocycles. The molecule has 0 saturated carbocycles. The van der Waals surface area contributed by atoms with Crippen LogP contribution in [-0.2, 0) is 13.6 Å². The third-order valence-corrected chi connectivity index (χ3v) is 5.58. The van der Waals surface area contributed by atoms with Crippen LogP contribution < -0.4 is 21.9 Å². The van der Waals surface area contributed by atoms with Gasteiger partial charge >= 0.3 is 11.7 Å². The second kappa shape index (κ2) is 11.1. The first-order chi connectivity index (χ1) is 16.3. The Morgan fingerprint density at radius 2 is 1.88 bits per heavy atom. The highest BCUT2D eigenvalue weighted by molar-refractivity contribution is 5.87. The van der Waals surface area contributed by atoms with E-state index in [-0.39, 0.29) is 17.3 Å². The quantitative estimate of drug-likeness (QED) is 0.605. The van der Waals surface area contributed by atoms with Crippen LogP contribution in [-0.4, -0.2) is 39.3 Å². The number of piperidine rings is 1. The number of aromatic carboxylic acids is 1. The molecule has 1 aliphatic heterocycles. The lowest BCUT2D eigenvalue weighted by Crippen LogP contribution is -2.47. The number of rotatable bonds is 4. The number of hydrogen-bond donors (Lipinski definition) is 2. The highest BCUT2D eigenvalue weighted by Crippen LogP contribution is 2.18. The maximum absolute atomic E-state index is 12.7. The molecule has 9 heteroatoms. The van der Waals surface area contributed by atoms with Gasteiger partial charge in [0.15, 0.2) is 0 Å². The van der Waals surface area contributed by atoms with E-state index in [4.69, 9.17) is 16.1 Å². The van der Waals surface area contributed by atoms with Gasteiger partial charge in [0.05, 0.1) is 23.7 Å². The van der Waals surface area contributed by atoms with Crippen LogP contribution in [0.25, 0.3) is 0 Å². The zero-order valence-electron chi connectivity index (χ0n) is 18.9. The largest absolute Gasteiger partial charge is 0.478 e. The van der Waals surface area contributed by atoms with Gasteiger partial charge in [-0.25, -0.2) is 9.59 Å². The first-order valence-corrected chi connectivity index (χ1v) is 10.9. The zero-order chi connectivity index (χ0) is 24.7. The van der Waals surface area contributed by atoms with E-state index in [1.807, 2.05) is 11.0 Å². The van der Waals surface area contributed by atoms with E-state index in [0.29, 0.717) is 30.0 Å². The van der Waals surface area contributed by atoms with Gasteiger partial charge in [0.1, 0.15) is 5.82 Å². The maximum Gasteiger partial charge on any atom is 0.335 e. The molecule has 2 aromatic carbocycles. The highest BCUT2D eigenvalue weighted by Gasteiger charge is 2.21. The van der Waals surface area contributed by atoms with Crippen LogP contribution in [0, 0.1) is 11.3 Å². The minimum absolute atomic E-state index is 0.0308. The number of nitriles is 1. The third-order valence-electron chi connectivity index (χ3n) is 5.58. The Labute approximate surface area is 196 Å². The lowest BCUT2D eigenvalue weighted by Gasteiger charge is -2.34. The molecule has 1 aromatic heterocycles. The molecule has 4 rings (SSSR count). The lowest BCUT2D eigenvalue weighted by atomic mass is 10.1. The SMILES string of the molecule is Cn1c(=O)cc(N2CCC[C@@H](N)C2)n(Cc2cccc(C#N)c2)c1=O.O=C(O)c1ccccc1. The van der Waals surface area contributed by atoms with E-state index in [2.05, 4.69) is 6.07 Å². The molecule has 176 valence electrons. The molecule has 1 atom stereocenters. The lowest BCUT2D eigenvalue weighted by molar-refractivity contribution is 0.0697. The molecule has 9 nitrogen and oxygen atoms in total.